The van der Waals surface area contributed by atoms with Crippen molar-refractivity contribution >= 4 is 11.6 Å². The van der Waals surface area contributed by atoms with Crippen molar-refractivity contribution in [2.75, 3.05) is 12.4 Å². The normalized spacial score (nSPS) is 29.8. The molecule has 20 heavy (non-hydrogen) atoms. The number of rotatable bonds is 4. The van der Waals surface area contributed by atoms with Crippen molar-refractivity contribution in [3.05, 3.63) is 24.3 Å². The van der Waals surface area contributed by atoms with Crippen molar-refractivity contribution in [3.8, 4) is 5.75 Å². The average molecular weight is 276 g/mol. The van der Waals surface area contributed by atoms with Crippen LogP contribution in [0.1, 0.15) is 33.1 Å². The number of amides is 1. The lowest BCUT2D eigenvalue weighted by atomic mass is 9.69. The molecule has 1 fully saturated rings. The second-order valence-electron chi connectivity index (χ2n) is 5.98. The Morgan fingerprint density at radius 3 is 2.50 bits per heavy atom. The molecule has 110 valence electrons. The van der Waals surface area contributed by atoms with Gasteiger partial charge in [0.15, 0.2) is 0 Å². The maximum atomic E-state index is 12.1. The van der Waals surface area contributed by atoms with E-state index < -0.39 is 5.54 Å². The number of hydrogen-bond acceptors (Lipinski definition) is 3. The largest absolute Gasteiger partial charge is 0.497 e. The van der Waals surface area contributed by atoms with Gasteiger partial charge in [-0.2, -0.15) is 0 Å². The van der Waals surface area contributed by atoms with Gasteiger partial charge in [-0.15, -0.1) is 0 Å². The number of carbonyl (C=O) groups excluding carboxylic acids is 1. The summed E-state index contributed by atoms with van der Waals surface area (Å²) in [6.45, 7) is 4.28. The molecule has 2 rings (SSSR count). The van der Waals surface area contributed by atoms with E-state index >= 15 is 0 Å². The minimum absolute atomic E-state index is 0.235. The first kappa shape index (κ1) is 14.7. The number of methoxy groups -OCH3 is 1. The molecule has 0 aliphatic heterocycles. The predicted molar refractivity (Wildman–Crippen MR) is 80.7 cm³/mol. The Balaban J connectivity index is 2.25. The number of carbonyl (C=O) groups is 1. The van der Waals surface area contributed by atoms with Gasteiger partial charge in [0.25, 0.3) is 0 Å². The Labute approximate surface area is 120 Å². The van der Waals surface area contributed by atoms with Crippen LogP contribution in [0.15, 0.2) is 24.3 Å². The highest BCUT2D eigenvalue weighted by molar-refractivity contribution is 5.88. The highest BCUT2D eigenvalue weighted by atomic mass is 16.5. The number of ether oxygens (including phenoxy) is 1. The van der Waals surface area contributed by atoms with Gasteiger partial charge in [0.2, 0.25) is 5.91 Å². The van der Waals surface area contributed by atoms with Crippen LogP contribution in [-0.4, -0.2) is 18.6 Å². The molecule has 0 radical (unpaired) electrons. The Morgan fingerprint density at radius 2 is 1.95 bits per heavy atom. The van der Waals surface area contributed by atoms with Gasteiger partial charge in [-0.3, -0.25) is 4.79 Å². The molecule has 1 aliphatic carbocycles. The maximum absolute atomic E-state index is 12.1. The van der Waals surface area contributed by atoms with Crippen LogP contribution >= 0.6 is 0 Å². The van der Waals surface area contributed by atoms with Crippen LogP contribution in [-0.2, 0) is 4.79 Å². The minimum Gasteiger partial charge on any atom is -0.497 e. The van der Waals surface area contributed by atoms with E-state index in [0.717, 1.165) is 30.7 Å². The zero-order valence-corrected chi connectivity index (χ0v) is 12.5. The van der Waals surface area contributed by atoms with Crippen molar-refractivity contribution in [2.45, 2.75) is 38.6 Å². The van der Waals surface area contributed by atoms with Crippen molar-refractivity contribution in [2.24, 2.45) is 17.6 Å². The summed E-state index contributed by atoms with van der Waals surface area (Å²) in [7, 11) is 1.64. The second-order valence-corrected chi connectivity index (χ2v) is 5.98. The standard InChI is InChI=1S/C16H24N2O2/c1-11-4-5-12(2)16(10-11,15(17)19)18-13-6-8-14(20-3)9-7-13/h6-9,11-12,18H,4-5,10H2,1-3H3,(H2,17,19). The van der Waals surface area contributed by atoms with E-state index in [1.165, 1.54) is 0 Å². The first-order chi connectivity index (χ1) is 9.48. The van der Waals surface area contributed by atoms with Crippen LogP contribution in [0.2, 0.25) is 0 Å². The Kier molecular flexibility index (Phi) is 4.21. The fraction of sp³-hybridized carbons (Fsp3) is 0.562. The van der Waals surface area contributed by atoms with Gasteiger partial charge in [-0.25, -0.2) is 0 Å². The summed E-state index contributed by atoms with van der Waals surface area (Å²) < 4.78 is 5.15. The molecule has 3 atom stereocenters. The molecule has 0 saturated heterocycles. The van der Waals surface area contributed by atoms with E-state index in [-0.39, 0.29) is 11.8 Å². The fourth-order valence-corrected chi connectivity index (χ4v) is 3.15. The first-order valence-electron chi connectivity index (χ1n) is 7.20. The molecular formula is C16H24N2O2. The van der Waals surface area contributed by atoms with Gasteiger partial charge in [0, 0.05) is 5.69 Å². The number of primary amides is 1. The van der Waals surface area contributed by atoms with Gasteiger partial charge in [-0.1, -0.05) is 20.3 Å². The predicted octanol–water partition coefficient (Wildman–Crippen LogP) is 2.79. The third kappa shape index (κ3) is 2.74. The van der Waals surface area contributed by atoms with E-state index in [1.807, 2.05) is 24.3 Å². The first-order valence-corrected chi connectivity index (χ1v) is 7.20. The summed E-state index contributed by atoms with van der Waals surface area (Å²) in [5.41, 5.74) is 5.99. The highest BCUT2D eigenvalue weighted by Crippen LogP contribution is 2.39. The van der Waals surface area contributed by atoms with Crippen LogP contribution in [0.25, 0.3) is 0 Å². The second kappa shape index (κ2) is 5.73. The van der Waals surface area contributed by atoms with Gasteiger partial charge < -0.3 is 15.8 Å². The summed E-state index contributed by atoms with van der Waals surface area (Å²) in [6.07, 6.45) is 2.96. The lowest BCUT2D eigenvalue weighted by molar-refractivity contribution is -0.125. The summed E-state index contributed by atoms with van der Waals surface area (Å²) in [6, 6.07) is 7.62. The molecule has 4 nitrogen and oxygen atoms in total. The van der Waals surface area contributed by atoms with Crippen molar-refractivity contribution < 1.29 is 9.53 Å². The van der Waals surface area contributed by atoms with Gasteiger partial charge in [0.1, 0.15) is 11.3 Å². The molecule has 0 bridgehead atoms. The molecule has 0 aromatic heterocycles. The molecule has 0 heterocycles. The number of benzene rings is 1. The zero-order chi connectivity index (χ0) is 14.8. The summed E-state index contributed by atoms with van der Waals surface area (Å²) >= 11 is 0. The van der Waals surface area contributed by atoms with Crippen LogP contribution in [0, 0.1) is 11.8 Å². The summed E-state index contributed by atoms with van der Waals surface area (Å²) in [5.74, 6) is 1.28. The summed E-state index contributed by atoms with van der Waals surface area (Å²) in [5, 5.41) is 3.40. The molecule has 3 N–H and O–H groups in total. The molecule has 3 unspecified atom stereocenters. The summed E-state index contributed by atoms with van der Waals surface area (Å²) in [4.78, 5) is 12.1. The molecular weight excluding hydrogens is 252 g/mol. The molecule has 0 spiro atoms. The average Bonchev–Trinajstić information content (AvgIpc) is 2.43. The minimum atomic E-state index is -0.647. The van der Waals surface area contributed by atoms with Crippen LogP contribution in [0.5, 0.6) is 5.75 Å². The van der Waals surface area contributed by atoms with E-state index in [4.69, 9.17) is 10.5 Å². The van der Waals surface area contributed by atoms with E-state index in [1.54, 1.807) is 7.11 Å². The Hall–Kier alpha value is -1.71. The Bertz CT molecular complexity index is 472. The SMILES string of the molecule is COc1ccc(NC2(C(N)=O)CC(C)CCC2C)cc1. The number of nitrogens with one attached hydrogen (secondary N) is 1. The van der Waals surface area contributed by atoms with E-state index in [9.17, 15) is 4.79 Å². The number of anilines is 1. The van der Waals surface area contributed by atoms with Crippen LogP contribution in [0.3, 0.4) is 0 Å². The van der Waals surface area contributed by atoms with Crippen molar-refractivity contribution in [1.29, 1.82) is 0 Å². The Morgan fingerprint density at radius 1 is 1.30 bits per heavy atom. The van der Waals surface area contributed by atoms with Crippen LogP contribution < -0.4 is 15.8 Å². The van der Waals surface area contributed by atoms with Crippen LogP contribution in [0.4, 0.5) is 5.69 Å². The maximum Gasteiger partial charge on any atom is 0.243 e. The molecule has 1 saturated carbocycles. The number of nitrogens with two attached hydrogens (primary N) is 1. The van der Waals surface area contributed by atoms with E-state index in [0.29, 0.717) is 5.92 Å². The smallest absolute Gasteiger partial charge is 0.243 e. The monoisotopic (exact) mass is 276 g/mol. The lowest BCUT2D eigenvalue weighted by Gasteiger charge is -2.43. The molecule has 1 aliphatic rings. The van der Waals surface area contributed by atoms with Gasteiger partial charge >= 0.3 is 0 Å². The highest BCUT2D eigenvalue weighted by Gasteiger charge is 2.45. The van der Waals surface area contributed by atoms with Crippen molar-refractivity contribution in [1.82, 2.24) is 0 Å². The number of hydrogen-bond donors (Lipinski definition) is 2. The van der Waals surface area contributed by atoms with Gasteiger partial charge in [-0.05, 0) is 48.9 Å². The molecule has 4 heteroatoms. The fourth-order valence-electron chi connectivity index (χ4n) is 3.15. The molecule has 1 amide bonds. The lowest BCUT2D eigenvalue weighted by Crippen LogP contribution is -2.57. The van der Waals surface area contributed by atoms with Gasteiger partial charge in [0.05, 0.1) is 7.11 Å². The zero-order valence-electron chi connectivity index (χ0n) is 12.5. The molecule has 1 aromatic carbocycles. The van der Waals surface area contributed by atoms with E-state index in [2.05, 4.69) is 19.2 Å². The van der Waals surface area contributed by atoms with Crippen molar-refractivity contribution in [3.63, 3.8) is 0 Å². The third-order valence-corrected chi connectivity index (χ3v) is 4.50. The quantitative estimate of drug-likeness (QED) is 0.888. The topological polar surface area (TPSA) is 64.3 Å². The third-order valence-electron chi connectivity index (χ3n) is 4.50. The molecule has 1 aromatic rings.